The molecule has 0 N–H and O–H groups in total. The number of halogens is 1. The molecule has 0 bridgehead atoms. The van der Waals surface area contributed by atoms with Crippen LogP contribution in [0.3, 0.4) is 0 Å². The van der Waals surface area contributed by atoms with Crippen LogP contribution in [0, 0.1) is 5.82 Å². The van der Waals surface area contributed by atoms with E-state index in [1.54, 1.807) is 0 Å². The summed E-state index contributed by atoms with van der Waals surface area (Å²) in [6.07, 6.45) is 0. The molecule has 7 nitrogen and oxygen atoms in total. The summed E-state index contributed by atoms with van der Waals surface area (Å²) in [5.41, 5.74) is 3.39. The molecule has 0 spiro atoms. The van der Waals surface area contributed by atoms with Crippen LogP contribution in [-0.2, 0) is 0 Å². The molecule has 3 aromatic rings. The summed E-state index contributed by atoms with van der Waals surface area (Å²) in [6, 6.07) is 15.5. The summed E-state index contributed by atoms with van der Waals surface area (Å²) in [7, 11) is 4.08. The number of benzene rings is 2. The zero-order valence-electron chi connectivity index (χ0n) is 18.6. The highest BCUT2D eigenvalue weighted by Crippen LogP contribution is 2.31. The molecule has 0 saturated carbocycles. The topological polar surface area (TPSA) is 53.3 Å². The maximum Gasteiger partial charge on any atom is 0.173 e. The first-order chi connectivity index (χ1) is 14.9. The number of tetrazole rings is 1. The van der Waals surface area contributed by atoms with E-state index in [2.05, 4.69) is 68.3 Å². The minimum Gasteiger partial charge on any atom is -0.378 e. The Labute approximate surface area is 183 Å². The van der Waals surface area contributed by atoms with Crippen LogP contribution in [0.15, 0.2) is 48.5 Å². The van der Waals surface area contributed by atoms with Gasteiger partial charge in [0.25, 0.3) is 0 Å². The molecular formula is C23H30FN7. The molecule has 0 unspecified atom stereocenters. The third kappa shape index (κ3) is 4.54. The Bertz CT molecular complexity index is 974. The maximum absolute atomic E-state index is 13.3. The van der Waals surface area contributed by atoms with Gasteiger partial charge < -0.3 is 9.80 Å². The van der Waals surface area contributed by atoms with Crippen LogP contribution in [0.4, 0.5) is 15.8 Å². The Hall–Kier alpha value is -3.00. The number of nitrogens with zero attached hydrogens (tertiary/aromatic N) is 7. The molecule has 1 fully saturated rings. The lowest BCUT2D eigenvalue weighted by atomic mass is 10.0. The minimum atomic E-state index is -0.204. The lowest BCUT2D eigenvalue weighted by Gasteiger charge is -2.40. The summed E-state index contributed by atoms with van der Waals surface area (Å²) in [4.78, 5) is 6.83. The van der Waals surface area contributed by atoms with E-state index in [4.69, 9.17) is 0 Å². The number of anilines is 2. The van der Waals surface area contributed by atoms with Gasteiger partial charge in [-0.15, -0.1) is 5.10 Å². The molecule has 2 aromatic carbocycles. The van der Waals surface area contributed by atoms with E-state index in [0.29, 0.717) is 0 Å². The standard InChI is InChI=1S/C23H30FN7/c1-17(2)31-23(25-26-27-31)22(18-5-9-20(10-6-18)28(3)4)30-15-13-29(14-16-30)21-11-7-19(24)8-12-21/h5-12,17,22H,13-16H2,1-4H3/t22-/m0/s1. The van der Waals surface area contributed by atoms with Crippen LogP contribution < -0.4 is 9.80 Å². The summed E-state index contributed by atoms with van der Waals surface area (Å²) in [5, 5.41) is 12.7. The van der Waals surface area contributed by atoms with Gasteiger partial charge in [-0.2, -0.15) is 0 Å². The lowest BCUT2D eigenvalue weighted by molar-refractivity contribution is 0.199. The SMILES string of the molecule is CC(C)n1nnnc1[C@H](c1ccc(N(C)C)cc1)N1CCN(c2ccc(F)cc2)CC1. The first-order valence-electron chi connectivity index (χ1n) is 10.7. The Morgan fingerprint density at radius 3 is 2.13 bits per heavy atom. The molecule has 31 heavy (non-hydrogen) atoms. The summed E-state index contributed by atoms with van der Waals surface area (Å²) >= 11 is 0. The largest absolute Gasteiger partial charge is 0.378 e. The fourth-order valence-electron chi connectivity index (χ4n) is 4.12. The van der Waals surface area contributed by atoms with E-state index in [1.807, 2.05) is 30.9 Å². The van der Waals surface area contributed by atoms with Crippen LogP contribution in [0.25, 0.3) is 0 Å². The molecule has 1 aliphatic heterocycles. The van der Waals surface area contributed by atoms with Gasteiger partial charge in [0.05, 0.1) is 12.1 Å². The van der Waals surface area contributed by atoms with E-state index >= 15 is 0 Å². The molecular weight excluding hydrogens is 393 g/mol. The van der Waals surface area contributed by atoms with Gasteiger partial charge in [0.2, 0.25) is 0 Å². The number of rotatable bonds is 6. The Kier molecular flexibility index (Phi) is 6.18. The fourth-order valence-corrected chi connectivity index (χ4v) is 4.12. The minimum absolute atomic E-state index is 0.0241. The molecule has 0 amide bonds. The van der Waals surface area contributed by atoms with Crippen LogP contribution in [-0.4, -0.2) is 65.4 Å². The summed E-state index contributed by atoms with van der Waals surface area (Å²) in [5.74, 6) is 0.659. The molecule has 1 atom stereocenters. The van der Waals surface area contributed by atoms with Crippen molar-refractivity contribution in [2.24, 2.45) is 0 Å². The van der Waals surface area contributed by atoms with Crippen molar-refractivity contribution in [3.05, 3.63) is 65.7 Å². The van der Waals surface area contributed by atoms with Gasteiger partial charge in [-0.3, -0.25) is 4.90 Å². The monoisotopic (exact) mass is 423 g/mol. The molecule has 8 heteroatoms. The average molecular weight is 424 g/mol. The number of hydrogen-bond donors (Lipinski definition) is 0. The van der Waals surface area contributed by atoms with Crippen LogP contribution >= 0.6 is 0 Å². The maximum atomic E-state index is 13.3. The highest BCUT2D eigenvalue weighted by Gasteiger charge is 2.31. The van der Waals surface area contributed by atoms with E-state index in [1.165, 1.54) is 17.7 Å². The van der Waals surface area contributed by atoms with Gasteiger partial charge in [-0.1, -0.05) is 12.1 Å². The number of aromatic nitrogens is 4. The van der Waals surface area contributed by atoms with Crippen molar-refractivity contribution < 1.29 is 4.39 Å². The average Bonchev–Trinajstić information content (AvgIpc) is 3.25. The van der Waals surface area contributed by atoms with Crippen LogP contribution in [0.1, 0.15) is 37.3 Å². The zero-order valence-corrected chi connectivity index (χ0v) is 18.6. The quantitative estimate of drug-likeness (QED) is 0.606. The van der Waals surface area contributed by atoms with Crippen molar-refractivity contribution in [2.45, 2.75) is 25.9 Å². The van der Waals surface area contributed by atoms with E-state index in [0.717, 1.165) is 43.4 Å². The Morgan fingerprint density at radius 1 is 0.903 bits per heavy atom. The molecule has 2 heterocycles. The van der Waals surface area contributed by atoms with Gasteiger partial charge >= 0.3 is 0 Å². The summed E-state index contributed by atoms with van der Waals surface area (Å²) in [6.45, 7) is 7.64. The molecule has 1 saturated heterocycles. The smallest absolute Gasteiger partial charge is 0.173 e. The fraction of sp³-hybridized carbons (Fsp3) is 0.435. The van der Waals surface area contributed by atoms with Crippen molar-refractivity contribution in [1.29, 1.82) is 0 Å². The van der Waals surface area contributed by atoms with Crippen molar-refractivity contribution in [2.75, 3.05) is 50.1 Å². The van der Waals surface area contributed by atoms with E-state index in [-0.39, 0.29) is 17.9 Å². The lowest BCUT2D eigenvalue weighted by Crippen LogP contribution is -2.48. The molecule has 4 rings (SSSR count). The molecule has 0 radical (unpaired) electrons. The molecule has 1 aliphatic rings. The third-order valence-corrected chi connectivity index (χ3v) is 5.85. The van der Waals surface area contributed by atoms with E-state index < -0.39 is 0 Å². The van der Waals surface area contributed by atoms with Gasteiger partial charge in [0.1, 0.15) is 5.82 Å². The van der Waals surface area contributed by atoms with Crippen LogP contribution in [0.5, 0.6) is 0 Å². The van der Waals surface area contributed by atoms with Crippen molar-refractivity contribution in [3.8, 4) is 0 Å². The predicted octanol–water partition coefficient (Wildman–Crippen LogP) is 3.37. The van der Waals surface area contributed by atoms with Crippen molar-refractivity contribution in [3.63, 3.8) is 0 Å². The first kappa shape index (κ1) is 21.2. The second-order valence-electron chi connectivity index (χ2n) is 8.46. The Morgan fingerprint density at radius 2 is 1.55 bits per heavy atom. The van der Waals surface area contributed by atoms with Gasteiger partial charge in [0.15, 0.2) is 5.82 Å². The third-order valence-electron chi connectivity index (χ3n) is 5.85. The van der Waals surface area contributed by atoms with Gasteiger partial charge in [-0.25, -0.2) is 9.07 Å². The first-order valence-corrected chi connectivity index (χ1v) is 10.7. The summed E-state index contributed by atoms with van der Waals surface area (Å²) < 4.78 is 15.2. The normalized spacial score (nSPS) is 16.0. The van der Waals surface area contributed by atoms with Crippen molar-refractivity contribution >= 4 is 11.4 Å². The van der Waals surface area contributed by atoms with Crippen LogP contribution in [0.2, 0.25) is 0 Å². The van der Waals surface area contributed by atoms with Gasteiger partial charge in [-0.05, 0) is 66.2 Å². The molecule has 0 aliphatic carbocycles. The Balaban J connectivity index is 1.60. The predicted molar refractivity (Wildman–Crippen MR) is 121 cm³/mol. The van der Waals surface area contributed by atoms with Crippen molar-refractivity contribution in [1.82, 2.24) is 25.1 Å². The second kappa shape index (κ2) is 9.01. The highest BCUT2D eigenvalue weighted by atomic mass is 19.1. The van der Waals surface area contributed by atoms with E-state index in [9.17, 15) is 4.39 Å². The second-order valence-corrected chi connectivity index (χ2v) is 8.46. The molecule has 164 valence electrons. The number of hydrogen-bond acceptors (Lipinski definition) is 6. The molecule has 1 aromatic heterocycles. The highest BCUT2D eigenvalue weighted by molar-refractivity contribution is 5.48. The number of piperazine rings is 1. The van der Waals surface area contributed by atoms with Gasteiger partial charge in [0, 0.05) is 51.6 Å². The zero-order chi connectivity index (χ0) is 22.0.